The highest BCUT2D eigenvalue weighted by atomic mass is 16.2. The van der Waals surface area contributed by atoms with Crippen LogP contribution in [0.3, 0.4) is 0 Å². The van der Waals surface area contributed by atoms with Crippen molar-refractivity contribution in [3.8, 4) is 0 Å². The fourth-order valence-electron chi connectivity index (χ4n) is 3.14. The fourth-order valence-corrected chi connectivity index (χ4v) is 3.14. The molecule has 5 nitrogen and oxygen atoms in total. The van der Waals surface area contributed by atoms with Gasteiger partial charge in [-0.2, -0.15) is 0 Å². The van der Waals surface area contributed by atoms with Gasteiger partial charge in [0.25, 0.3) is 5.91 Å². The molecule has 1 aromatic carbocycles. The van der Waals surface area contributed by atoms with Gasteiger partial charge in [0, 0.05) is 26.2 Å². The van der Waals surface area contributed by atoms with Gasteiger partial charge >= 0.3 is 0 Å². The summed E-state index contributed by atoms with van der Waals surface area (Å²) >= 11 is 0. The summed E-state index contributed by atoms with van der Waals surface area (Å²) < 4.78 is 0. The van der Waals surface area contributed by atoms with Gasteiger partial charge in [-0.05, 0) is 18.9 Å². The Bertz CT molecular complexity index is 542. The molecular weight excluding hydrogens is 252 g/mol. The maximum atomic E-state index is 12.2. The summed E-state index contributed by atoms with van der Waals surface area (Å²) in [6, 6.07) is 10.7. The third kappa shape index (κ3) is 2.18. The molecule has 2 N–H and O–H groups in total. The number of benzene rings is 1. The van der Waals surface area contributed by atoms with Crippen molar-refractivity contribution in [2.24, 2.45) is 4.99 Å². The molecule has 0 radical (unpaired) electrons. The first kappa shape index (κ1) is 13.1. The summed E-state index contributed by atoms with van der Waals surface area (Å²) in [7, 11) is 1.68. The molecule has 2 aliphatic heterocycles. The largest absolute Gasteiger partial charge is 0.341 e. The highest BCUT2D eigenvalue weighted by Gasteiger charge is 2.52. The average Bonchev–Trinajstić information content (AvgIpc) is 2.92. The van der Waals surface area contributed by atoms with E-state index in [9.17, 15) is 4.79 Å². The first-order chi connectivity index (χ1) is 9.63. The van der Waals surface area contributed by atoms with Crippen molar-refractivity contribution >= 4 is 11.9 Å². The van der Waals surface area contributed by atoms with Gasteiger partial charge in [-0.3, -0.25) is 20.0 Å². The van der Waals surface area contributed by atoms with Crippen LogP contribution in [0.1, 0.15) is 18.9 Å². The molecule has 0 aromatic heterocycles. The Hall–Kier alpha value is -1.88. The summed E-state index contributed by atoms with van der Waals surface area (Å²) in [5.41, 5.74) is 0.766. The minimum atomic E-state index is -0.511. The van der Waals surface area contributed by atoms with Gasteiger partial charge in [0.2, 0.25) is 0 Å². The van der Waals surface area contributed by atoms with Crippen LogP contribution >= 0.6 is 0 Å². The maximum absolute atomic E-state index is 12.2. The quantitative estimate of drug-likeness (QED) is 0.834. The lowest BCUT2D eigenvalue weighted by Gasteiger charge is -2.22. The van der Waals surface area contributed by atoms with Crippen LogP contribution in [-0.4, -0.2) is 41.9 Å². The van der Waals surface area contributed by atoms with Gasteiger partial charge in [0.15, 0.2) is 5.96 Å². The molecule has 0 saturated carbocycles. The van der Waals surface area contributed by atoms with Crippen molar-refractivity contribution in [2.45, 2.75) is 31.5 Å². The molecule has 2 unspecified atom stereocenters. The van der Waals surface area contributed by atoms with E-state index in [0.29, 0.717) is 18.5 Å². The van der Waals surface area contributed by atoms with Crippen molar-refractivity contribution < 1.29 is 4.79 Å². The molecule has 2 aliphatic rings. The molecule has 106 valence electrons. The van der Waals surface area contributed by atoms with Gasteiger partial charge in [-0.25, -0.2) is 0 Å². The summed E-state index contributed by atoms with van der Waals surface area (Å²) in [5.74, 6) is 0.629. The molecule has 2 heterocycles. The predicted octanol–water partition coefficient (Wildman–Crippen LogP) is 0.725. The van der Waals surface area contributed by atoms with Crippen LogP contribution in [0.5, 0.6) is 0 Å². The zero-order valence-corrected chi connectivity index (χ0v) is 11.9. The number of nitrogens with zero attached hydrogens (tertiary/aromatic N) is 2. The normalized spacial score (nSPS) is 31.8. The van der Waals surface area contributed by atoms with Gasteiger partial charge in [0.05, 0.1) is 0 Å². The van der Waals surface area contributed by atoms with Crippen LogP contribution in [-0.2, 0) is 11.3 Å². The molecule has 1 spiro atoms. The number of aliphatic imine (C=N–C) groups is 1. The first-order valence-corrected chi connectivity index (χ1v) is 6.97. The van der Waals surface area contributed by atoms with Crippen molar-refractivity contribution in [2.75, 3.05) is 13.6 Å². The molecule has 0 bridgehead atoms. The predicted molar refractivity (Wildman–Crippen MR) is 78.3 cm³/mol. The van der Waals surface area contributed by atoms with Crippen LogP contribution in [0.25, 0.3) is 0 Å². The first-order valence-electron chi connectivity index (χ1n) is 6.97. The Balaban J connectivity index is 1.76. The SMILES string of the molecule is CN=C1NC(=O)C2(CC(C)N(Cc3ccccc3)C2)N1. The van der Waals surface area contributed by atoms with E-state index >= 15 is 0 Å². The van der Waals surface area contributed by atoms with Gasteiger partial charge < -0.3 is 5.32 Å². The molecule has 1 aromatic rings. The third-order valence-electron chi connectivity index (χ3n) is 4.22. The lowest BCUT2D eigenvalue weighted by molar-refractivity contribution is -0.123. The van der Waals surface area contributed by atoms with Crippen LogP contribution in [0.2, 0.25) is 0 Å². The number of hydrogen-bond acceptors (Lipinski definition) is 3. The second-order valence-electron chi connectivity index (χ2n) is 5.68. The number of rotatable bonds is 2. The van der Waals surface area contributed by atoms with Crippen molar-refractivity contribution in [1.29, 1.82) is 0 Å². The van der Waals surface area contributed by atoms with Crippen molar-refractivity contribution in [3.05, 3.63) is 35.9 Å². The Kier molecular flexibility index (Phi) is 3.22. The summed E-state index contributed by atoms with van der Waals surface area (Å²) in [6.45, 7) is 3.76. The monoisotopic (exact) mass is 272 g/mol. The average molecular weight is 272 g/mol. The van der Waals surface area contributed by atoms with E-state index in [4.69, 9.17) is 0 Å². The number of nitrogens with one attached hydrogen (secondary N) is 2. The number of amides is 1. The minimum Gasteiger partial charge on any atom is -0.341 e. The van der Waals surface area contributed by atoms with Gasteiger partial charge in [-0.1, -0.05) is 30.3 Å². The van der Waals surface area contributed by atoms with Gasteiger partial charge in [0.1, 0.15) is 5.54 Å². The fraction of sp³-hybridized carbons (Fsp3) is 0.467. The number of likely N-dealkylation sites (tertiary alicyclic amines) is 1. The van der Waals surface area contributed by atoms with Crippen LogP contribution in [0.15, 0.2) is 35.3 Å². The minimum absolute atomic E-state index is 0.0421. The standard InChI is InChI=1S/C15H20N4O/c1-11-8-15(13(20)17-14(16-2)18-15)10-19(11)9-12-6-4-3-5-7-12/h3-7,11H,8-10H2,1-2H3,(H2,16,17,18,20). The third-order valence-corrected chi connectivity index (χ3v) is 4.22. The lowest BCUT2D eigenvalue weighted by atomic mass is 9.97. The zero-order chi connectivity index (χ0) is 14.2. The van der Waals surface area contributed by atoms with Crippen LogP contribution in [0, 0.1) is 0 Å². The highest BCUT2D eigenvalue weighted by molar-refractivity contribution is 6.09. The van der Waals surface area contributed by atoms with E-state index in [0.717, 1.165) is 13.0 Å². The topological polar surface area (TPSA) is 56.7 Å². The lowest BCUT2D eigenvalue weighted by Crippen LogP contribution is -2.49. The Labute approximate surface area is 119 Å². The molecule has 20 heavy (non-hydrogen) atoms. The number of carbonyl (C=O) groups excluding carboxylic acids is 1. The molecule has 3 rings (SSSR count). The Morgan fingerprint density at radius 1 is 1.40 bits per heavy atom. The van der Waals surface area contributed by atoms with E-state index in [1.165, 1.54) is 5.56 Å². The van der Waals surface area contributed by atoms with E-state index in [1.807, 2.05) is 18.2 Å². The van der Waals surface area contributed by atoms with E-state index < -0.39 is 5.54 Å². The van der Waals surface area contributed by atoms with Crippen LogP contribution < -0.4 is 10.6 Å². The molecule has 2 saturated heterocycles. The van der Waals surface area contributed by atoms with Crippen molar-refractivity contribution in [1.82, 2.24) is 15.5 Å². The molecule has 2 atom stereocenters. The van der Waals surface area contributed by atoms with E-state index in [2.05, 4.69) is 39.6 Å². The molecular formula is C15H20N4O. The van der Waals surface area contributed by atoms with Gasteiger partial charge in [-0.15, -0.1) is 0 Å². The number of hydrogen-bond donors (Lipinski definition) is 2. The second kappa shape index (κ2) is 4.90. The summed E-state index contributed by atoms with van der Waals surface area (Å²) in [6.07, 6.45) is 0.810. The van der Waals surface area contributed by atoms with E-state index in [-0.39, 0.29) is 5.91 Å². The van der Waals surface area contributed by atoms with Crippen molar-refractivity contribution in [3.63, 3.8) is 0 Å². The molecule has 2 fully saturated rings. The Morgan fingerprint density at radius 3 is 2.80 bits per heavy atom. The summed E-state index contributed by atoms with van der Waals surface area (Å²) in [4.78, 5) is 18.6. The molecule has 0 aliphatic carbocycles. The smallest absolute Gasteiger partial charge is 0.253 e. The second-order valence-corrected chi connectivity index (χ2v) is 5.68. The maximum Gasteiger partial charge on any atom is 0.253 e. The molecule has 5 heteroatoms. The zero-order valence-electron chi connectivity index (χ0n) is 11.9. The number of guanidine groups is 1. The Morgan fingerprint density at radius 2 is 2.15 bits per heavy atom. The molecule has 1 amide bonds. The summed E-state index contributed by atoms with van der Waals surface area (Å²) in [5, 5.41) is 6.07. The number of carbonyl (C=O) groups is 1. The van der Waals surface area contributed by atoms with Crippen LogP contribution in [0.4, 0.5) is 0 Å². The highest BCUT2D eigenvalue weighted by Crippen LogP contribution is 2.30. The van der Waals surface area contributed by atoms with E-state index in [1.54, 1.807) is 7.05 Å².